The Labute approximate surface area is 199 Å². The number of nitrogens with one attached hydrogen (secondary N) is 1. The third kappa shape index (κ3) is 6.37. The lowest BCUT2D eigenvalue weighted by atomic mass is 9.89. The first-order valence-electron chi connectivity index (χ1n) is 10.8. The SMILES string of the molecule is COc1ccc(CNS(=O)(=O)c2cc([N+](=O)[O-])ccc2OCC2CCOC(C)(C)C2)c(OC)c1. The fraction of sp³-hybridized carbons (Fsp3) is 0.478. The summed E-state index contributed by atoms with van der Waals surface area (Å²) < 4.78 is 50.9. The quantitative estimate of drug-likeness (QED) is 0.392. The van der Waals surface area contributed by atoms with Gasteiger partial charge in [-0.3, -0.25) is 10.1 Å². The maximum Gasteiger partial charge on any atom is 0.271 e. The Balaban J connectivity index is 1.82. The van der Waals surface area contributed by atoms with Gasteiger partial charge in [-0.2, -0.15) is 0 Å². The van der Waals surface area contributed by atoms with Crippen molar-refractivity contribution in [2.75, 3.05) is 27.4 Å². The fourth-order valence-electron chi connectivity index (χ4n) is 3.90. The average Bonchev–Trinajstić information content (AvgIpc) is 2.80. The maximum atomic E-state index is 13.2. The molecule has 1 saturated heterocycles. The van der Waals surface area contributed by atoms with E-state index in [1.807, 2.05) is 13.8 Å². The second-order valence-electron chi connectivity index (χ2n) is 8.67. The smallest absolute Gasteiger partial charge is 0.271 e. The number of sulfonamides is 1. The highest BCUT2D eigenvalue weighted by Gasteiger charge is 2.30. The summed E-state index contributed by atoms with van der Waals surface area (Å²) in [4.78, 5) is 10.4. The van der Waals surface area contributed by atoms with Crippen LogP contribution in [0.15, 0.2) is 41.3 Å². The van der Waals surface area contributed by atoms with Crippen LogP contribution in [-0.4, -0.2) is 46.4 Å². The summed E-state index contributed by atoms with van der Waals surface area (Å²) in [5, 5.41) is 11.3. The van der Waals surface area contributed by atoms with Crippen LogP contribution in [0.25, 0.3) is 0 Å². The number of methoxy groups -OCH3 is 2. The molecule has 2 aromatic carbocycles. The molecule has 0 spiro atoms. The van der Waals surface area contributed by atoms with Crippen LogP contribution in [0.3, 0.4) is 0 Å². The molecule has 0 amide bonds. The Hall–Kier alpha value is -2.89. The summed E-state index contributed by atoms with van der Waals surface area (Å²) in [7, 11) is -1.17. The molecular formula is C23H30N2O8S. The van der Waals surface area contributed by atoms with Gasteiger partial charge >= 0.3 is 0 Å². The maximum absolute atomic E-state index is 13.2. The molecule has 1 fully saturated rings. The summed E-state index contributed by atoms with van der Waals surface area (Å²) >= 11 is 0. The topological polar surface area (TPSA) is 126 Å². The van der Waals surface area contributed by atoms with E-state index in [0.29, 0.717) is 23.7 Å². The minimum absolute atomic E-state index is 0.0593. The molecule has 186 valence electrons. The van der Waals surface area contributed by atoms with Crippen molar-refractivity contribution in [3.8, 4) is 17.2 Å². The van der Waals surface area contributed by atoms with Gasteiger partial charge in [0.05, 0.1) is 31.4 Å². The average molecular weight is 495 g/mol. The number of nitro groups is 1. The van der Waals surface area contributed by atoms with E-state index in [1.54, 1.807) is 18.2 Å². The van der Waals surface area contributed by atoms with Crippen LogP contribution in [0.1, 0.15) is 32.3 Å². The first-order valence-corrected chi connectivity index (χ1v) is 12.3. The van der Waals surface area contributed by atoms with Gasteiger partial charge in [0.25, 0.3) is 5.69 Å². The molecule has 1 heterocycles. The molecule has 10 nitrogen and oxygen atoms in total. The van der Waals surface area contributed by atoms with Crippen molar-refractivity contribution in [2.24, 2.45) is 5.92 Å². The lowest BCUT2D eigenvalue weighted by Gasteiger charge is -2.35. The molecule has 1 atom stereocenters. The third-order valence-corrected chi connectivity index (χ3v) is 7.07. The zero-order chi connectivity index (χ0) is 24.9. The van der Waals surface area contributed by atoms with Crippen molar-refractivity contribution in [1.29, 1.82) is 0 Å². The Bertz CT molecular complexity index is 1130. The van der Waals surface area contributed by atoms with E-state index in [9.17, 15) is 18.5 Å². The van der Waals surface area contributed by atoms with E-state index in [4.69, 9.17) is 18.9 Å². The molecule has 0 radical (unpaired) electrons. The Morgan fingerprint density at radius 2 is 1.91 bits per heavy atom. The predicted octanol–water partition coefficient (Wildman–Crippen LogP) is 3.67. The second kappa shape index (κ2) is 10.6. The second-order valence-corrected chi connectivity index (χ2v) is 10.4. The summed E-state index contributed by atoms with van der Waals surface area (Å²) in [6.45, 7) is 4.78. The van der Waals surface area contributed by atoms with Gasteiger partial charge in [-0.15, -0.1) is 0 Å². The van der Waals surface area contributed by atoms with Crippen LogP contribution in [-0.2, 0) is 21.3 Å². The number of benzene rings is 2. The molecule has 34 heavy (non-hydrogen) atoms. The number of hydrogen-bond acceptors (Lipinski definition) is 8. The van der Waals surface area contributed by atoms with Gasteiger partial charge in [0, 0.05) is 36.9 Å². The Morgan fingerprint density at radius 1 is 1.15 bits per heavy atom. The van der Waals surface area contributed by atoms with Crippen molar-refractivity contribution in [3.05, 3.63) is 52.1 Å². The fourth-order valence-corrected chi connectivity index (χ4v) is 5.06. The van der Waals surface area contributed by atoms with Crippen LogP contribution in [0.5, 0.6) is 17.2 Å². The van der Waals surface area contributed by atoms with E-state index in [1.165, 1.54) is 26.4 Å². The lowest BCUT2D eigenvalue weighted by Crippen LogP contribution is -2.36. The highest BCUT2D eigenvalue weighted by atomic mass is 32.2. The van der Waals surface area contributed by atoms with Crippen LogP contribution in [0.4, 0.5) is 5.69 Å². The number of hydrogen-bond donors (Lipinski definition) is 1. The van der Waals surface area contributed by atoms with Gasteiger partial charge in [-0.25, -0.2) is 13.1 Å². The van der Waals surface area contributed by atoms with Gasteiger partial charge in [-0.1, -0.05) is 6.07 Å². The van der Waals surface area contributed by atoms with Gasteiger partial charge in [0.1, 0.15) is 22.1 Å². The molecule has 2 aromatic rings. The van der Waals surface area contributed by atoms with Crippen molar-refractivity contribution in [1.82, 2.24) is 4.72 Å². The van der Waals surface area contributed by atoms with E-state index in [2.05, 4.69) is 4.72 Å². The molecule has 3 rings (SSSR count). The Kier molecular flexibility index (Phi) is 8.01. The van der Waals surface area contributed by atoms with E-state index >= 15 is 0 Å². The summed E-state index contributed by atoms with van der Waals surface area (Å²) in [5.74, 6) is 1.24. The third-order valence-electron chi connectivity index (χ3n) is 5.65. The van der Waals surface area contributed by atoms with Crippen molar-refractivity contribution in [3.63, 3.8) is 0 Å². The molecule has 1 N–H and O–H groups in total. The molecule has 1 aliphatic rings. The van der Waals surface area contributed by atoms with Crippen LogP contribution >= 0.6 is 0 Å². The number of nitro benzene ring substituents is 1. The largest absolute Gasteiger partial charge is 0.497 e. The van der Waals surface area contributed by atoms with Gasteiger partial charge in [0.2, 0.25) is 10.0 Å². The zero-order valence-electron chi connectivity index (χ0n) is 19.7. The van der Waals surface area contributed by atoms with Crippen molar-refractivity contribution in [2.45, 2.75) is 43.7 Å². The minimum Gasteiger partial charge on any atom is -0.497 e. The first kappa shape index (κ1) is 25.7. The van der Waals surface area contributed by atoms with Crippen molar-refractivity contribution < 1.29 is 32.3 Å². The van der Waals surface area contributed by atoms with Crippen molar-refractivity contribution >= 4 is 15.7 Å². The molecule has 11 heteroatoms. The summed E-state index contributed by atoms with van der Waals surface area (Å²) in [6, 6.07) is 8.57. The number of ether oxygens (including phenoxy) is 4. The summed E-state index contributed by atoms with van der Waals surface area (Å²) in [6.07, 6.45) is 1.55. The molecule has 0 saturated carbocycles. The van der Waals surface area contributed by atoms with Crippen LogP contribution in [0, 0.1) is 16.0 Å². The normalized spacial score (nSPS) is 17.7. The number of rotatable bonds is 10. The molecule has 1 unspecified atom stereocenters. The predicted molar refractivity (Wildman–Crippen MR) is 125 cm³/mol. The minimum atomic E-state index is -4.15. The van der Waals surface area contributed by atoms with Gasteiger partial charge in [-0.05, 0) is 44.7 Å². The molecular weight excluding hydrogens is 464 g/mol. The number of nitrogens with zero attached hydrogens (tertiary/aromatic N) is 1. The highest BCUT2D eigenvalue weighted by molar-refractivity contribution is 7.89. The first-order chi connectivity index (χ1) is 16.0. The lowest BCUT2D eigenvalue weighted by molar-refractivity contribution is -0.385. The van der Waals surface area contributed by atoms with Gasteiger partial charge in [0.15, 0.2) is 0 Å². The highest BCUT2D eigenvalue weighted by Crippen LogP contribution is 2.33. The van der Waals surface area contributed by atoms with E-state index < -0.39 is 14.9 Å². The van der Waals surface area contributed by atoms with Crippen LogP contribution < -0.4 is 18.9 Å². The molecule has 1 aliphatic heterocycles. The van der Waals surface area contributed by atoms with Gasteiger partial charge < -0.3 is 18.9 Å². The molecule has 0 bridgehead atoms. The van der Waals surface area contributed by atoms with E-state index in [-0.39, 0.29) is 41.0 Å². The monoisotopic (exact) mass is 494 g/mol. The van der Waals surface area contributed by atoms with Crippen LogP contribution in [0.2, 0.25) is 0 Å². The zero-order valence-corrected chi connectivity index (χ0v) is 20.5. The molecule has 0 aromatic heterocycles. The molecule has 0 aliphatic carbocycles. The van der Waals surface area contributed by atoms with E-state index in [0.717, 1.165) is 18.9 Å². The standard InChI is InChI=1S/C23H30N2O8S/c1-23(2)13-16(9-10-33-23)15-32-20-8-6-18(25(26)27)11-22(20)34(28,29)24-14-17-5-7-19(30-3)12-21(17)31-4/h5-8,11-12,16,24H,9-10,13-15H2,1-4H3. The number of non-ortho nitro benzene ring substituents is 1. The summed E-state index contributed by atoms with van der Waals surface area (Å²) in [5.41, 5.74) is -0.0542. The Morgan fingerprint density at radius 3 is 2.56 bits per heavy atom.